The first-order valence-electron chi connectivity index (χ1n) is 8.38. The summed E-state index contributed by atoms with van der Waals surface area (Å²) in [5.74, 6) is 0.129. The average Bonchev–Trinajstić information content (AvgIpc) is 2.55. The summed E-state index contributed by atoms with van der Waals surface area (Å²) in [6.07, 6.45) is 0.931. The predicted octanol–water partition coefficient (Wildman–Crippen LogP) is 4.15. The summed E-state index contributed by atoms with van der Waals surface area (Å²) >= 11 is 0. The summed E-state index contributed by atoms with van der Waals surface area (Å²) in [5, 5.41) is 3.64. The lowest BCUT2D eigenvalue weighted by molar-refractivity contribution is 0.345. The van der Waals surface area contributed by atoms with Crippen LogP contribution in [0.5, 0.6) is 0 Å². The van der Waals surface area contributed by atoms with Crippen molar-refractivity contribution in [3.63, 3.8) is 0 Å². The normalized spacial score (nSPS) is 13.7. The third-order valence-electron chi connectivity index (χ3n) is 4.22. The highest BCUT2D eigenvalue weighted by atomic mass is 32.2. The van der Waals surface area contributed by atoms with E-state index in [0.717, 1.165) is 12.0 Å². The van der Waals surface area contributed by atoms with E-state index < -0.39 is 9.84 Å². The van der Waals surface area contributed by atoms with Crippen molar-refractivity contribution in [3.05, 3.63) is 65.7 Å². The van der Waals surface area contributed by atoms with Gasteiger partial charge in [-0.25, -0.2) is 8.42 Å². The number of hydrogen-bond acceptors (Lipinski definition) is 3. The van der Waals surface area contributed by atoms with Crippen molar-refractivity contribution in [2.24, 2.45) is 0 Å². The standard InChI is InChI=1S/C20H27NO2S/c1-5-24(22,23)19-13-11-18(12-14-19)16(2)21-20(3,4)15-17-9-7-6-8-10-17/h6-14,16,21H,5,15H2,1-4H3/t16-/m1/s1. The van der Waals surface area contributed by atoms with Gasteiger partial charge < -0.3 is 5.32 Å². The van der Waals surface area contributed by atoms with Crippen LogP contribution in [0.25, 0.3) is 0 Å². The molecule has 0 amide bonds. The Morgan fingerprint density at radius 3 is 2.12 bits per heavy atom. The van der Waals surface area contributed by atoms with Crippen LogP contribution >= 0.6 is 0 Å². The Kier molecular flexibility index (Phi) is 5.83. The molecule has 2 aromatic rings. The van der Waals surface area contributed by atoms with Gasteiger partial charge in [0, 0.05) is 11.6 Å². The Morgan fingerprint density at radius 1 is 1.00 bits per heavy atom. The van der Waals surface area contributed by atoms with Crippen LogP contribution in [0, 0.1) is 0 Å². The van der Waals surface area contributed by atoms with Gasteiger partial charge in [-0.2, -0.15) is 0 Å². The van der Waals surface area contributed by atoms with E-state index in [1.807, 2.05) is 18.2 Å². The van der Waals surface area contributed by atoms with Gasteiger partial charge in [0.05, 0.1) is 10.6 Å². The molecule has 24 heavy (non-hydrogen) atoms. The fourth-order valence-corrected chi connectivity index (χ4v) is 3.84. The second-order valence-electron chi connectivity index (χ2n) is 6.88. The molecular formula is C20H27NO2S. The highest BCUT2D eigenvalue weighted by Gasteiger charge is 2.21. The van der Waals surface area contributed by atoms with Gasteiger partial charge in [0.2, 0.25) is 0 Å². The van der Waals surface area contributed by atoms with Crippen LogP contribution in [0.4, 0.5) is 0 Å². The minimum Gasteiger partial charge on any atom is -0.305 e. The van der Waals surface area contributed by atoms with Crippen LogP contribution < -0.4 is 5.32 Å². The third-order valence-corrected chi connectivity index (χ3v) is 5.97. The molecule has 130 valence electrons. The minimum atomic E-state index is -3.14. The highest BCUT2D eigenvalue weighted by Crippen LogP contribution is 2.21. The summed E-state index contributed by atoms with van der Waals surface area (Å²) in [6, 6.07) is 17.8. The second-order valence-corrected chi connectivity index (χ2v) is 9.16. The zero-order valence-electron chi connectivity index (χ0n) is 14.9. The van der Waals surface area contributed by atoms with E-state index in [-0.39, 0.29) is 17.3 Å². The smallest absolute Gasteiger partial charge is 0.178 e. The lowest BCUT2D eigenvalue weighted by Crippen LogP contribution is -2.42. The molecule has 1 atom stereocenters. The monoisotopic (exact) mass is 345 g/mol. The van der Waals surface area contributed by atoms with Crippen LogP contribution in [0.1, 0.15) is 44.9 Å². The number of benzene rings is 2. The molecule has 0 fully saturated rings. The van der Waals surface area contributed by atoms with E-state index in [1.54, 1.807) is 19.1 Å². The average molecular weight is 346 g/mol. The molecular weight excluding hydrogens is 318 g/mol. The fraction of sp³-hybridized carbons (Fsp3) is 0.400. The quantitative estimate of drug-likeness (QED) is 0.820. The molecule has 0 radical (unpaired) electrons. The Hall–Kier alpha value is -1.65. The molecule has 0 spiro atoms. The van der Waals surface area contributed by atoms with Crippen molar-refractivity contribution in [1.82, 2.24) is 5.32 Å². The lowest BCUT2D eigenvalue weighted by atomic mass is 9.93. The maximum Gasteiger partial charge on any atom is 0.178 e. The molecule has 0 bridgehead atoms. The molecule has 3 nitrogen and oxygen atoms in total. The summed E-state index contributed by atoms with van der Waals surface area (Å²) < 4.78 is 23.8. The van der Waals surface area contributed by atoms with Crippen molar-refractivity contribution in [1.29, 1.82) is 0 Å². The van der Waals surface area contributed by atoms with Gasteiger partial charge in [-0.05, 0) is 50.5 Å². The van der Waals surface area contributed by atoms with E-state index >= 15 is 0 Å². The third kappa shape index (κ3) is 4.92. The molecule has 2 rings (SSSR count). The Balaban J connectivity index is 2.07. The lowest BCUT2D eigenvalue weighted by Gasteiger charge is -2.31. The molecule has 0 heterocycles. The van der Waals surface area contributed by atoms with E-state index in [4.69, 9.17) is 0 Å². The minimum absolute atomic E-state index is 0.0606. The molecule has 1 N–H and O–H groups in total. The van der Waals surface area contributed by atoms with Crippen molar-refractivity contribution < 1.29 is 8.42 Å². The van der Waals surface area contributed by atoms with Crippen LogP contribution in [-0.4, -0.2) is 19.7 Å². The number of rotatable bonds is 7. The molecule has 0 saturated heterocycles. The van der Waals surface area contributed by atoms with Gasteiger partial charge in [0.25, 0.3) is 0 Å². The molecule has 0 aliphatic carbocycles. The number of nitrogens with one attached hydrogen (secondary N) is 1. The van der Waals surface area contributed by atoms with Crippen molar-refractivity contribution in [2.45, 2.75) is 50.6 Å². The Bertz CT molecular complexity index is 750. The molecule has 0 aliphatic heterocycles. The van der Waals surface area contributed by atoms with Crippen LogP contribution in [-0.2, 0) is 16.3 Å². The second kappa shape index (κ2) is 7.49. The number of hydrogen-bond donors (Lipinski definition) is 1. The fourth-order valence-electron chi connectivity index (χ4n) is 2.96. The van der Waals surface area contributed by atoms with Gasteiger partial charge >= 0.3 is 0 Å². The zero-order valence-corrected chi connectivity index (χ0v) is 15.7. The SMILES string of the molecule is CCS(=O)(=O)c1ccc([C@@H](C)NC(C)(C)Cc2ccccc2)cc1. The summed E-state index contributed by atoms with van der Waals surface area (Å²) in [4.78, 5) is 0.393. The first kappa shape index (κ1) is 18.7. The molecule has 4 heteroatoms. The summed E-state index contributed by atoms with van der Waals surface area (Å²) in [5.41, 5.74) is 2.33. The molecule has 0 unspecified atom stereocenters. The highest BCUT2D eigenvalue weighted by molar-refractivity contribution is 7.91. The van der Waals surface area contributed by atoms with Gasteiger partial charge in [0.1, 0.15) is 0 Å². The zero-order chi connectivity index (χ0) is 17.8. The van der Waals surface area contributed by atoms with Gasteiger partial charge in [-0.1, -0.05) is 49.4 Å². The van der Waals surface area contributed by atoms with Crippen molar-refractivity contribution in [3.8, 4) is 0 Å². The van der Waals surface area contributed by atoms with E-state index in [2.05, 4.69) is 50.4 Å². The topological polar surface area (TPSA) is 46.2 Å². The Morgan fingerprint density at radius 2 is 1.58 bits per heavy atom. The first-order valence-corrected chi connectivity index (χ1v) is 10.0. The molecule has 0 aromatic heterocycles. The van der Waals surface area contributed by atoms with Gasteiger partial charge in [-0.3, -0.25) is 0 Å². The van der Waals surface area contributed by atoms with Crippen LogP contribution in [0.15, 0.2) is 59.5 Å². The van der Waals surface area contributed by atoms with Gasteiger partial charge in [-0.15, -0.1) is 0 Å². The van der Waals surface area contributed by atoms with Crippen molar-refractivity contribution >= 4 is 9.84 Å². The summed E-state index contributed by atoms with van der Waals surface area (Å²) in [6.45, 7) is 8.15. The first-order chi connectivity index (χ1) is 11.2. The van der Waals surface area contributed by atoms with Crippen LogP contribution in [0.2, 0.25) is 0 Å². The van der Waals surface area contributed by atoms with Crippen LogP contribution in [0.3, 0.4) is 0 Å². The molecule has 2 aromatic carbocycles. The molecule has 0 saturated carbocycles. The number of sulfone groups is 1. The van der Waals surface area contributed by atoms with E-state index in [9.17, 15) is 8.42 Å². The predicted molar refractivity (Wildman–Crippen MR) is 99.9 cm³/mol. The summed E-state index contributed by atoms with van der Waals surface area (Å²) in [7, 11) is -3.14. The van der Waals surface area contributed by atoms with E-state index in [1.165, 1.54) is 5.56 Å². The largest absolute Gasteiger partial charge is 0.305 e. The maximum absolute atomic E-state index is 11.9. The van der Waals surface area contributed by atoms with Gasteiger partial charge in [0.15, 0.2) is 9.84 Å². The Labute approximate surface area is 146 Å². The van der Waals surface area contributed by atoms with E-state index in [0.29, 0.717) is 4.90 Å². The maximum atomic E-state index is 11.9. The van der Waals surface area contributed by atoms with Crippen molar-refractivity contribution in [2.75, 3.05) is 5.75 Å². The molecule has 0 aliphatic rings.